The molecular formula is C27H32O9. The number of phenols is 1. The van der Waals surface area contributed by atoms with Gasteiger partial charge in [-0.25, -0.2) is 4.79 Å². The SMILES string of the molecule is CCCc1c(OCCCOc2cc3c(cc2C(C)=O)OC(C)(OC(=O)O)CC3)ccc(C(C)=O)c1O. The van der Waals surface area contributed by atoms with Gasteiger partial charge in [0.15, 0.2) is 11.6 Å². The van der Waals surface area contributed by atoms with E-state index in [2.05, 4.69) is 0 Å². The highest BCUT2D eigenvalue weighted by atomic mass is 16.8. The fourth-order valence-corrected chi connectivity index (χ4v) is 4.14. The Morgan fingerprint density at radius 2 is 1.69 bits per heavy atom. The van der Waals surface area contributed by atoms with Crippen molar-refractivity contribution < 1.29 is 43.5 Å². The molecule has 0 saturated carbocycles. The first-order valence-corrected chi connectivity index (χ1v) is 11.9. The van der Waals surface area contributed by atoms with Crippen LogP contribution in [-0.2, 0) is 17.6 Å². The molecule has 9 nitrogen and oxygen atoms in total. The van der Waals surface area contributed by atoms with Crippen LogP contribution in [0, 0.1) is 0 Å². The molecule has 2 aromatic carbocycles. The summed E-state index contributed by atoms with van der Waals surface area (Å²) < 4.78 is 22.4. The second-order valence-electron chi connectivity index (χ2n) is 8.91. The minimum Gasteiger partial charge on any atom is -0.507 e. The lowest BCUT2D eigenvalue weighted by Gasteiger charge is -2.34. The molecular weight excluding hydrogens is 468 g/mol. The van der Waals surface area contributed by atoms with Gasteiger partial charge in [-0.2, -0.15) is 0 Å². The number of carbonyl (C=O) groups is 3. The summed E-state index contributed by atoms with van der Waals surface area (Å²) in [4.78, 5) is 34.9. The monoisotopic (exact) mass is 500 g/mol. The number of carbonyl (C=O) groups excluding carboxylic acids is 2. The first-order valence-electron chi connectivity index (χ1n) is 11.9. The van der Waals surface area contributed by atoms with Gasteiger partial charge in [0, 0.05) is 25.3 Å². The van der Waals surface area contributed by atoms with E-state index in [1.54, 1.807) is 31.2 Å². The van der Waals surface area contributed by atoms with E-state index in [0.29, 0.717) is 60.7 Å². The van der Waals surface area contributed by atoms with Crippen molar-refractivity contribution in [2.45, 2.75) is 65.6 Å². The van der Waals surface area contributed by atoms with E-state index in [-0.39, 0.29) is 29.5 Å². The number of carboxylic acid groups (broad SMARTS) is 1. The van der Waals surface area contributed by atoms with E-state index in [9.17, 15) is 19.5 Å². The number of fused-ring (bicyclic) bond motifs is 1. The molecule has 1 aliphatic rings. The van der Waals surface area contributed by atoms with Crippen LogP contribution in [0.2, 0.25) is 0 Å². The minimum absolute atomic E-state index is 0.0367. The van der Waals surface area contributed by atoms with Gasteiger partial charge < -0.3 is 29.2 Å². The number of rotatable bonds is 11. The third-order valence-electron chi connectivity index (χ3n) is 5.94. The molecule has 194 valence electrons. The van der Waals surface area contributed by atoms with Crippen LogP contribution in [0.4, 0.5) is 4.79 Å². The van der Waals surface area contributed by atoms with E-state index in [1.807, 2.05) is 6.92 Å². The molecule has 36 heavy (non-hydrogen) atoms. The number of phenolic OH excluding ortho intramolecular Hbond substituents is 1. The van der Waals surface area contributed by atoms with Crippen molar-refractivity contribution >= 4 is 17.7 Å². The maximum absolute atomic E-state index is 12.2. The molecule has 0 radical (unpaired) electrons. The molecule has 1 aliphatic heterocycles. The largest absolute Gasteiger partial charge is 0.509 e. The molecule has 1 heterocycles. The number of benzene rings is 2. The number of ether oxygens (including phenoxy) is 4. The van der Waals surface area contributed by atoms with Crippen LogP contribution in [0.3, 0.4) is 0 Å². The van der Waals surface area contributed by atoms with Gasteiger partial charge in [0.2, 0.25) is 0 Å². The van der Waals surface area contributed by atoms with Crippen molar-refractivity contribution in [1.82, 2.24) is 0 Å². The zero-order chi connectivity index (χ0) is 26.5. The quantitative estimate of drug-likeness (QED) is 0.239. The Balaban J connectivity index is 1.65. The van der Waals surface area contributed by atoms with Crippen LogP contribution >= 0.6 is 0 Å². The highest BCUT2D eigenvalue weighted by Crippen LogP contribution is 2.38. The predicted octanol–water partition coefficient (Wildman–Crippen LogP) is 5.33. The number of aromatic hydroxyl groups is 1. The van der Waals surface area contributed by atoms with Gasteiger partial charge in [0.25, 0.3) is 5.79 Å². The summed E-state index contributed by atoms with van der Waals surface area (Å²) in [7, 11) is 0. The van der Waals surface area contributed by atoms with Crippen LogP contribution in [0.15, 0.2) is 24.3 Å². The van der Waals surface area contributed by atoms with Gasteiger partial charge >= 0.3 is 6.16 Å². The van der Waals surface area contributed by atoms with Crippen molar-refractivity contribution in [3.63, 3.8) is 0 Å². The zero-order valence-electron chi connectivity index (χ0n) is 21.0. The Hall–Kier alpha value is -3.75. The number of aryl methyl sites for hydroxylation is 1. The van der Waals surface area contributed by atoms with Gasteiger partial charge in [-0.3, -0.25) is 9.59 Å². The molecule has 1 unspecified atom stereocenters. The van der Waals surface area contributed by atoms with Crippen molar-refractivity contribution in [1.29, 1.82) is 0 Å². The van der Waals surface area contributed by atoms with Crippen LogP contribution in [0.1, 0.15) is 78.8 Å². The Bertz CT molecular complexity index is 1150. The number of hydrogen-bond acceptors (Lipinski definition) is 8. The Morgan fingerprint density at radius 3 is 2.31 bits per heavy atom. The van der Waals surface area contributed by atoms with Crippen molar-refractivity contribution in [2.75, 3.05) is 13.2 Å². The molecule has 0 aliphatic carbocycles. The molecule has 0 saturated heterocycles. The summed E-state index contributed by atoms with van der Waals surface area (Å²) in [6, 6.07) is 6.55. The molecule has 0 amide bonds. The first-order chi connectivity index (χ1) is 17.0. The lowest BCUT2D eigenvalue weighted by molar-refractivity contribution is -0.149. The third kappa shape index (κ3) is 6.27. The number of hydrogen-bond donors (Lipinski definition) is 2. The standard InChI is InChI=1S/C27H32O9/c1-5-7-20-22(9-8-19(16(2)28)25(20)30)33-12-6-13-34-24-14-18-10-11-27(4,36-26(31)32)35-23(18)15-21(24)17(3)29/h8-9,14-15,30H,5-7,10-13H2,1-4H3,(H,31,32). The molecule has 9 heteroatoms. The summed E-state index contributed by atoms with van der Waals surface area (Å²) in [5.41, 5.74) is 2.00. The fraction of sp³-hybridized carbons (Fsp3) is 0.444. The maximum atomic E-state index is 12.2. The average molecular weight is 501 g/mol. The summed E-state index contributed by atoms with van der Waals surface area (Å²) in [5.74, 6) is -0.442. The highest BCUT2D eigenvalue weighted by Gasteiger charge is 2.36. The van der Waals surface area contributed by atoms with E-state index < -0.39 is 11.9 Å². The van der Waals surface area contributed by atoms with Crippen LogP contribution in [0.25, 0.3) is 0 Å². The van der Waals surface area contributed by atoms with Gasteiger partial charge in [-0.15, -0.1) is 0 Å². The lowest BCUT2D eigenvalue weighted by Crippen LogP contribution is -2.40. The topological polar surface area (TPSA) is 129 Å². The fourth-order valence-electron chi connectivity index (χ4n) is 4.14. The second-order valence-corrected chi connectivity index (χ2v) is 8.91. The number of ketones is 2. The van der Waals surface area contributed by atoms with Crippen LogP contribution in [-0.4, -0.2) is 46.9 Å². The lowest BCUT2D eigenvalue weighted by atomic mass is 9.97. The maximum Gasteiger partial charge on any atom is 0.509 e. The Kier molecular flexibility index (Phi) is 8.45. The molecule has 0 aromatic heterocycles. The second kappa shape index (κ2) is 11.3. The van der Waals surface area contributed by atoms with Gasteiger partial charge in [-0.1, -0.05) is 13.3 Å². The normalized spacial score (nSPS) is 16.4. The molecule has 2 aromatic rings. The summed E-state index contributed by atoms with van der Waals surface area (Å²) >= 11 is 0. The van der Waals surface area contributed by atoms with E-state index in [4.69, 9.17) is 24.1 Å². The van der Waals surface area contributed by atoms with Gasteiger partial charge in [0.1, 0.15) is 23.0 Å². The summed E-state index contributed by atoms with van der Waals surface area (Å²) in [6.45, 7) is 6.94. The molecule has 0 fully saturated rings. The van der Waals surface area contributed by atoms with E-state index in [1.165, 1.54) is 13.8 Å². The van der Waals surface area contributed by atoms with Crippen LogP contribution < -0.4 is 14.2 Å². The molecule has 0 bridgehead atoms. The predicted molar refractivity (Wildman–Crippen MR) is 131 cm³/mol. The molecule has 3 rings (SSSR count). The first kappa shape index (κ1) is 26.8. The average Bonchev–Trinajstić information content (AvgIpc) is 2.79. The van der Waals surface area contributed by atoms with Crippen LogP contribution in [0.5, 0.6) is 23.0 Å². The van der Waals surface area contributed by atoms with E-state index >= 15 is 0 Å². The number of Topliss-reactive ketones (excluding diaryl/α,β-unsaturated/α-hetero) is 2. The minimum atomic E-state index is -1.43. The van der Waals surface area contributed by atoms with Crippen molar-refractivity contribution in [3.05, 3.63) is 46.5 Å². The third-order valence-corrected chi connectivity index (χ3v) is 5.94. The summed E-state index contributed by atoms with van der Waals surface area (Å²) in [6.07, 6.45) is 1.27. The van der Waals surface area contributed by atoms with Gasteiger partial charge in [-0.05, 0) is 56.5 Å². The molecule has 1 atom stereocenters. The Labute approximate surface area is 209 Å². The zero-order valence-corrected chi connectivity index (χ0v) is 21.0. The smallest absolute Gasteiger partial charge is 0.507 e. The highest BCUT2D eigenvalue weighted by molar-refractivity contribution is 5.98. The van der Waals surface area contributed by atoms with E-state index in [0.717, 1.165) is 12.0 Å². The molecule has 0 spiro atoms. The van der Waals surface area contributed by atoms with Gasteiger partial charge in [0.05, 0.1) is 24.3 Å². The van der Waals surface area contributed by atoms with Crippen molar-refractivity contribution in [2.24, 2.45) is 0 Å². The summed E-state index contributed by atoms with van der Waals surface area (Å²) in [5, 5.41) is 19.4. The Morgan fingerprint density at radius 1 is 1.03 bits per heavy atom. The molecule has 2 N–H and O–H groups in total. The van der Waals surface area contributed by atoms with Crippen molar-refractivity contribution in [3.8, 4) is 23.0 Å².